The van der Waals surface area contributed by atoms with E-state index in [1.54, 1.807) is 13.0 Å². The maximum atomic E-state index is 11.6. The maximum absolute atomic E-state index is 11.6. The van der Waals surface area contributed by atoms with Crippen molar-refractivity contribution in [3.05, 3.63) is 53.0 Å². The van der Waals surface area contributed by atoms with Gasteiger partial charge in [0.1, 0.15) is 11.7 Å². The zero-order valence-electron chi connectivity index (χ0n) is 12.3. The highest BCUT2D eigenvalue weighted by Gasteiger charge is 2.24. The second kappa shape index (κ2) is 6.35. The zero-order chi connectivity index (χ0) is 15.4. The van der Waals surface area contributed by atoms with Crippen LogP contribution in [0.1, 0.15) is 28.6 Å². The second-order valence-corrected chi connectivity index (χ2v) is 4.99. The third-order valence-corrected chi connectivity index (χ3v) is 3.23. The number of carbonyl (C=O) groups is 1. The van der Waals surface area contributed by atoms with Gasteiger partial charge in [0.05, 0.1) is 7.11 Å². The van der Waals surface area contributed by atoms with E-state index < -0.39 is 11.9 Å². The summed E-state index contributed by atoms with van der Waals surface area (Å²) in [5.74, 6) is -1.07. The van der Waals surface area contributed by atoms with Crippen molar-refractivity contribution >= 4 is 5.97 Å². The molecule has 110 valence electrons. The molecule has 1 aromatic heterocycles. The molecule has 5 nitrogen and oxygen atoms in total. The summed E-state index contributed by atoms with van der Waals surface area (Å²) in [5.41, 5.74) is 2.77. The molecule has 0 spiro atoms. The lowest BCUT2D eigenvalue weighted by Crippen LogP contribution is -2.18. The number of rotatable bonds is 5. The van der Waals surface area contributed by atoms with Gasteiger partial charge < -0.3 is 9.84 Å². The predicted molar refractivity (Wildman–Crippen MR) is 78.6 cm³/mol. The molecule has 0 fully saturated rings. The first kappa shape index (κ1) is 15.0. The Labute approximate surface area is 123 Å². The second-order valence-electron chi connectivity index (χ2n) is 4.99. The number of hydrogen-bond acceptors (Lipinski definition) is 4. The van der Waals surface area contributed by atoms with E-state index in [0.717, 1.165) is 11.1 Å². The minimum atomic E-state index is -0.941. The van der Waals surface area contributed by atoms with Gasteiger partial charge in [-0.15, -0.1) is 0 Å². The number of carboxylic acids is 1. The van der Waals surface area contributed by atoms with Gasteiger partial charge in [-0.05, 0) is 25.8 Å². The monoisotopic (exact) mass is 286 g/mol. The van der Waals surface area contributed by atoms with Crippen LogP contribution < -0.4 is 4.74 Å². The molecule has 2 rings (SSSR count). The number of methoxy groups -OCH3 is 1. The summed E-state index contributed by atoms with van der Waals surface area (Å²) < 4.78 is 5.09. The van der Waals surface area contributed by atoms with E-state index in [9.17, 15) is 9.90 Å². The van der Waals surface area contributed by atoms with Crippen LogP contribution in [0.25, 0.3) is 0 Å². The van der Waals surface area contributed by atoms with Gasteiger partial charge in [-0.25, -0.2) is 4.98 Å². The minimum absolute atomic E-state index is 0.278. The van der Waals surface area contributed by atoms with Gasteiger partial charge in [0.2, 0.25) is 5.88 Å². The molecule has 1 heterocycles. The minimum Gasteiger partial charge on any atom is -0.481 e. The van der Waals surface area contributed by atoms with Crippen LogP contribution in [0.5, 0.6) is 5.88 Å². The molecule has 0 aliphatic carbocycles. The number of hydrogen-bond donors (Lipinski definition) is 1. The molecule has 1 unspecified atom stereocenters. The summed E-state index contributed by atoms with van der Waals surface area (Å²) in [6.07, 6.45) is 0.349. The molecule has 21 heavy (non-hydrogen) atoms. The van der Waals surface area contributed by atoms with Crippen molar-refractivity contribution in [3.8, 4) is 5.88 Å². The Morgan fingerprint density at radius 3 is 2.48 bits per heavy atom. The molecular weight excluding hydrogens is 268 g/mol. The lowest BCUT2D eigenvalue weighted by molar-refractivity contribution is -0.139. The van der Waals surface area contributed by atoms with Crippen molar-refractivity contribution in [1.29, 1.82) is 0 Å². The van der Waals surface area contributed by atoms with E-state index in [1.165, 1.54) is 7.11 Å². The van der Waals surface area contributed by atoms with Crippen molar-refractivity contribution in [1.82, 2.24) is 9.97 Å². The molecule has 1 aromatic carbocycles. The Kier molecular flexibility index (Phi) is 4.52. The van der Waals surface area contributed by atoms with Gasteiger partial charge in [0.15, 0.2) is 0 Å². The number of aromatic nitrogens is 2. The summed E-state index contributed by atoms with van der Waals surface area (Å²) in [5, 5.41) is 9.48. The SMILES string of the molecule is COc1cc(C)nc(C(Cc2ccc(C)cc2)C(=O)O)n1. The maximum Gasteiger partial charge on any atom is 0.314 e. The van der Waals surface area contributed by atoms with Gasteiger partial charge in [-0.3, -0.25) is 4.79 Å². The third-order valence-electron chi connectivity index (χ3n) is 3.23. The molecule has 5 heteroatoms. The molecule has 0 amide bonds. The van der Waals surface area contributed by atoms with Crippen molar-refractivity contribution < 1.29 is 14.6 Å². The number of benzene rings is 1. The van der Waals surface area contributed by atoms with E-state index in [4.69, 9.17) is 4.74 Å². The van der Waals surface area contributed by atoms with Gasteiger partial charge in [-0.1, -0.05) is 29.8 Å². The number of carboxylic acid groups (broad SMARTS) is 1. The van der Waals surface area contributed by atoms with E-state index in [1.807, 2.05) is 31.2 Å². The normalized spacial score (nSPS) is 12.0. The van der Waals surface area contributed by atoms with Crippen LogP contribution in [0.4, 0.5) is 0 Å². The summed E-state index contributed by atoms with van der Waals surface area (Å²) in [6.45, 7) is 3.78. The fourth-order valence-electron chi connectivity index (χ4n) is 2.07. The molecule has 1 atom stereocenters. The first-order chi connectivity index (χ1) is 9.99. The van der Waals surface area contributed by atoms with Crippen LogP contribution in [0, 0.1) is 13.8 Å². The number of nitrogens with zero attached hydrogens (tertiary/aromatic N) is 2. The fourth-order valence-corrected chi connectivity index (χ4v) is 2.07. The largest absolute Gasteiger partial charge is 0.481 e. The highest BCUT2D eigenvalue weighted by Crippen LogP contribution is 2.21. The van der Waals surface area contributed by atoms with Crippen LogP contribution in [-0.4, -0.2) is 28.2 Å². The molecule has 0 saturated carbocycles. The van der Waals surface area contributed by atoms with E-state index in [-0.39, 0.29) is 5.82 Å². The van der Waals surface area contributed by atoms with Crippen molar-refractivity contribution in [2.45, 2.75) is 26.2 Å². The summed E-state index contributed by atoms with van der Waals surface area (Å²) in [6, 6.07) is 9.46. The van der Waals surface area contributed by atoms with Crippen LogP contribution in [0.15, 0.2) is 30.3 Å². The first-order valence-electron chi connectivity index (χ1n) is 6.67. The molecule has 0 saturated heterocycles. The van der Waals surface area contributed by atoms with Crippen LogP contribution in [0.3, 0.4) is 0 Å². The molecule has 0 aliphatic rings. The highest BCUT2D eigenvalue weighted by molar-refractivity contribution is 5.75. The van der Waals surface area contributed by atoms with Crippen LogP contribution in [0.2, 0.25) is 0 Å². The number of ether oxygens (including phenoxy) is 1. The smallest absolute Gasteiger partial charge is 0.314 e. The summed E-state index contributed by atoms with van der Waals surface area (Å²) in [7, 11) is 1.50. The Bertz CT molecular complexity index is 638. The first-order valence-corrected chi connectivity index (χ1v) is 6.67. The van der Waals surface area contributed by atoms with E-state index >= 15 is 0 Å². The summed E-state index contributed by atoms with van der Waals surface area (Å²) >= 11 is 0. The number of aliphatic carboxylic acids is 1. The average molecular weight is 286 g/mol. The Balaban J connectivity index is 2.32. The predicted octanol–water partition coefficient (Wildman–Crippen LogP) is 2.51. The molecule has 0 bridgehead atoms. The van der Waals surface area contributed by atoms with Crippen molar-refractivity contribution in [2.75, 3.05) is 7.11 Å². The Morgan fingerprint density at radius 1 is 1.24 bits per heavy atom. The zero-order valence-corrected chi connectivity index (χ0v) is 12.3. The van der Waals surface area contributed by atoms with Crippen molar-refractivity contribution in [2.24, 2.45) is 0 Å². The molecular formula is C16H18N2O3. The Hall–Kier alpha value is -2.43. The summed E-state index contributed by atoms with van der Waals surface area (Å²) in [4.78, 5) is 20.0. The quantitative estimate of drug-likeness (QED) is 0.914. The lowest BCUT2D eigenvalue weighted by Gasteiger charge is -2.13. The molecule has 0 aliphatic heterocycles. The molecule has 2 aromatic rings. The Morgan fingerprint density at radius 2 is 1.90 bits per heavy atom. The van der Waals surface area contributed by atoms with Crippen LogP contribution in [-0.2, 0) is 11.2 Å². The van der Waals surface area contributed by atoms with Crippen LogP contribution >= 0.6 is 0 Å². The topological polar surface area (TPSA) is 72.3 Å². The molecule has 0 radical (unpaired) electrons. The van der Waals surface area contributed by atoms with Gasteiger partial charge in [0, 0.05) is 11.8 Å². The van der Waals surface area contributed by atoms with Gasteiger partial charge >= 0.3 is 5.97 Å². The molecule has 1 N–H and O–H groups in total. The average Bonchev–Trinajstić information content (AvgIpc) is 2.45. The lowest BCUT2D eigenvalue weighted by atomic mass is 9.98. The number of aryl methyl sites for hydroxylation is 2. The van der Waals surface area contributed by atoms with Gasteiger partial charge in [0.25, 0.3) is 0 Å². The third kappa shape index (κ3) is 3.78. The van der Waals surface area contributed by atoms with E-state index in [2.05, 4.69) is 9.97 Å². The van der Waals surface area contributed by atoms with E-state index in [0.29, 0.717) is 18.0 Å². The van der Waals surface area contributed by atoms with Gasteiger partial charge in [-0.2, -0.15) is 4.98 Å². The standard InChI is InChI=1S/C16H18N2O3/c1-10-4-6-12(7-5-10)9-13(16(19)20)15-17-11(2)8-14(18-15)21-3/h4-8,13H,9H2,1-3H3,(H,19,20). The fraction of sp³-hybridized carbons (Fsp3) is 0.312. The highest BCUT2D eigenvalue weighted by atomic mass is 16.5. The van der Waals surface area contributed by atoms with Crippen molar-refractivity contribution in [3.63, 3.8) is 0 Å².